The largest absolute Gasteiger partial charge is 0.328 e. The molecule has 16 heavy (non-hydrogen) atoms. The van der Waals surface area contributed by atoms with E-state index in [0.717, 1.165) is 37.1 Å². The number of likely N-dealkylation sites (tertiary alicyclic amines) is 1. The zero-order valence-electron chi connectivity index (χ0n) is 9.75. The van der Waals surface area contributed by atoms with Crippen LogP contribution in [0.1, 0.15) is 24.0 Å². The van der Waals surface area contributed by atoms with E-state index in [2.05, 4.69) is 4.90 Å². The third-order valence-corrected chi connectivity index (χ3v) is 3.23. The van der Waals surface area contributed by atoms with Gasteiger partial charge >= 0.3 is 0 Å². The van der Waals surface area contributed by atoms with E-state index in [-0.39, 0.29) is 5.82 Å². The van der Waals surface area contributed by atoms with Crippen LogP contribution in [0.4, 0.5) is 4.39 Å². The lowest BCUT2D eigenvalue weighted by molar-refractivity contribution is 0.203. The molecule has 2 N–H and O–H groups in total. The van der Waals surface area contributed by atoms with Gasteiger partial charge in [-0.3, -0.25) is 4.90 Å². The normalized spacial score (nSPS) is 18.9. The first kappa shape index (κ1) is 11.6. The monoisotopic (exact) mass is 222 g/mol. The van der Waals surface area contributed by atoms with Gasteiger partial charge in [-0.05, 0) is 38.9 Å². The van der Waals surface area contributed by atoms with E-state index in [4.69, 9.17) is 5.73 Å². The summed E-state index contributed by atoms with van der Waals surface area (Å²) >= 11 is 0. The van der Waals surface area contributed by atoms with Crippen LogP contribution in [0.2, 0.25) is 0 Å². The van der Waals surface area contributed by atoms with Crippen molar-refractivity contribution in [2.75, 3.05) is 13.1 Å². The first-order valence-electron chi connectivity index (χ1n) is 5.88. The van der Waals surface area contributed by atoms with Crippen molar-refractivity contribution < 1.29 is 4.39 Å². The molecule has 0 amide bonds. The van der Waals surface area contributed by atoms with Crippen LogP contribution in [-0.4, -0.2) is 24.0 Å². The molecule has 1 aliphatic heterocycles. The van der Waals surface area contributed by atoms with E-state index in [1.54, 1.807) is 6.07 Å². The van der Waals surface area contributed by atoms with Crippen LogP contribution < -0.4 is 5.73 Å². The number of benzene rings is 1. The third kappa shape index (κ3) is 2.80. The Morgan fingerprint density at radius 1 is 1.38 bits per heavy atom. The van der Waals surface area contributed by atoms with Crippen LogP contribution >= 0.6 is 0 Å². The molecule has 88 valence electrons. The molecule has 0 aromatic heterocycles. The van der Waals surface area contributed by atoms with Crippen molar-refractivity contribution in [3.05, 3.63) is 35.1 Å². The van der Waals surface area contributed by atoms with Gasteiger partial charge in [0.2, 0.25) is 0 Å². The van der Waals surface area contributed by atoms with Crippen molar-refractivity contribution in [3.63, 3.8) is 0 Å². The molecule has 1 aliphatic rings. The van der Waals surface area contributed by atoms with Gasteiger partial charge in [-0.2, -0.15) is 0 Å². The maximum atomic E-state index is 13.5. The predicted octanol–water partition coefficient (Wildman–Crippen LogP) is 2.06. The van der Waals surface area contributed by atoms with Gasteiger partial charge in [-0.25, -0.2) is 4.39 Å². The minimum absolute atomic E-state index is 0.0968. The van der Waals surface area contributed by atoms with Crippen molar-refractivity contribution in [2.24, 2.45) is 5.73 Å². The second-order valence-corrected chi connectivity index (χ2v) is 4.71. The molecule has 0 radical (unpaired) electrons. The van der Waals surface area contributed by atoms with Gasteiger partial charge in [0.1, 0.15) is 5.82 Å². The summed E-state index contributed by atoms with van der Waals surface area (Å²) in [5.74, 6) is -0.0968. The summed E-state index contributed by atoms with van der Waals surface area (Å²) in [6, 6.07) is 5.63. The van der Waals surface area contributed by atoms with Gasteiger partial charge in [0.25, 0.3) is 0 Å². The summed E-state index contributed by atoms with van der Waals surface area (Å²) in [5, 5.41) is 0. The van der Waals surface area contributed by atoms with Gasteiger partial charge in [0.15, 0.2) is 0 Å². The summed E-state index contributed by atoms with van der Waals surface area (Å²) < 4.78 is 13.5. The predicted molar refractivity (Wildman–Crippen MR) is 63.6 cm³/mol. The molecule has 1 aromatic rings. The molecule has 1 saturated heterocycles. The number of rotatable bonds is 2. The van der Waals surface area contributed by atoms with Crippen LogP contribution in [0, 0.1) is 12.7 Å². The summed E-state index contributed by atoms with van der Waals surface area (Å²) in [7, 11) is 0. The summed E-state index contributed by atoms with van der Waals surface area (Å²) in [4.78, 5) is 2.28. The fourth-order valence-corrected chi connectivity index (χ4v) is 2.18. The third-order valence-electron chi connectivity index (χ3n) is 3.23. The van der Waals surface area contributed by atoms with Gasteiger partial charge < -0.3 is 5.73 Å². The van der Waals surface area contributed by atoms with Gasteiger partial charge in [-0.1, -0.05) is 17.7 Å². The number of hydrogen-bond acceptors (Lipinski definition) is 2. The number of aryl methyl sites for hydroxylation is 1. The molecule has 0 unspecified atom stereocenters. The Hall–Kier alpha value is -0.930. The first-order chi connectivity index (χ1) is 7.65. The SMILES string of the molecule is Cc1ccc(F)c(CN2CCC(N)CC2)c1. The topological polar surface area (TPSA) is 29.3 Å². The van der Waals surface area contributed by atoms with Crippen molar-refractivity contribution in [1.29, 1.82) is 0 Å². The Balaban J connectivity index is 2.00. The molecule has 1 heterocycles. The lowest BCUT2D eigenvalue weighted by Gasteiger charge is -2.30. The average molecular weight is 222 g/mol. The number of piperidine rings is 1. The maximum Gasteiger partial charge on any atom is 0.127 e. The van der Waals surface area contributed by atoms with Gasteiger partial charge in [-0.15, -0.1) is 0 Å². The van der Waals surface area contributed by atoms with E-state index in [1.165, 1.54) is 0 Å². The Kier molecular flexibility index (Phi) is 3.56. The Bertz CT molecular complexity index is 357. The quantitative estimate of drug-likeness (QED) is 0.830. The van der Waals surface area contributed by atoms with Crippen LogP contribution in [0.3, 0.4) is 0 Å². The number of hydrogen-bond donors (Lipinski definition) is 1. The van der Waals surface area contributed by atoms with Crippen LogP contribution in [0.25, 0.3) is 0 Å². The molecule has 0 atom stereocenters. The molecule has 0 spiro atoms. The van der Waals surface area contributed by atoms with Crippen LogP contribution in [-0.2, 0) is 6.54 Å². The molecule has 2 rings (SSSR count). The van der Waals surface area contributed by atoms with Crippen molar-refractivity contribution >= 4 is 0 Å². The standard InChI is InChI=1S/C13H19FN2/c1-10-2-3-13(14)11(8-10)9-16-6-4-12(15)5-7-16/h2-3,8,12H,4-7,9,15H2,1H3. The van der Waals surface area contributed by atoms with Crippen LogP contribution in [0.15, 0.2) is 18.2 Å². The van der Waals surface area contributed by atoms with Crippen LogP contribution in [0.5, 0.6) is 0 Å². The van der Waals surface area contributed by atoms with Crippen molar-refractivity contribution in [1.82, 2.24) is 4.90 Å². The lowest BCUT2D eigenvalue weighted by atomic mass is 10.0. The van der Waals surface area contributed by atoms with E-state index in [1.807, 2.05) is 19.1 Å². The minimum Gasteiger partial charge on any atom is -0.328 e. The summed E-state index contributed by atoms with van der Waals surface area (Å²) in [6.45, 7) is 4.67. The smallest absolute Gasteiger partial charge is 0.127 e. The Morgan fingerprint density at radius 3 is 2.75 bits per heavy atom. The molecule has 0 aliphatic carbocycles. The minimum atomic E-state index is -0.0968. The second kappa shape index (κ2) is 4.93. The molecular formula is C13H19FN2. The fraction of sp³-hybridized carbons (Fsp3) is 0.538. The highest BCUT2D eigenvalue weighted by Crippen LogP contribution is 2.16. The zero-order valence-corrected chi connectivity index (χ0v) is 9.75. The van der Waals surface area contributed by atoms with Crippen molar-refractivity contribution in [2.45, 2.75) is 32.4 Å². The average Bonchev–Trinajstić information content (AvgIpc) is 2.27. The summed E-state index contributed by atoms with van der Waals surface area (Å²) in [6.07, 6.45) is 2.04. The molecule has 1 fully saturated rings. The molecule has 3 heteroatoms. The Morgan fingerprint density at radius 2 is 2.06 bits per heavy atom. The number of nitrogens with two attached hydrogens (primary N) is 1. The summed E-state index contributed by atoms with van der Waals surface area (Å²) in [5.41, 5.74) is 7.76. The Labute approximate surface area is 96.2 Å². The highest BCUT2D eigenvalue weighted by molar-refractivity contribution is 5.24. The highest BCUT2D eigenvalue weighted by atomic mass is 19.1. The second-order valence-electron chi connectivity index (χ2n) is 4.71. The number of nitrogens with zero attached hydrogens (tertiary/aromatic N) is 1. The van der Waals surface area contributed by atoms with E-state index < -0.39 is 0 Å². The molecule has 2 nitrogen and oxygen atoms in total. The van der Waals surface area contributed by atoms with E-state index in [9.17, 15) is 4.39 Å². The molecular weight excluding hydrogens is 203 g/mol. The highest BCUT2D eigenvalue weighted by Gasteiger charge is 2.17. The van der Waals surface area contributed by atoms with E-state index >= 15 is 0 Å². The van der Waals surface area contributed by atoms with Gasteiger partial charge in [0, 0.05) is 18.2 Å². The lowest BCUT2D eigenvalue weighted by Crippen LogP contribution is -2.39. The molecule has 0 saturated carbocycles. The number of halogens is 1. The maximum absolute atomic E-state index is 13.5. The van der Waals surface area contributed by atoms with E-state index in [0.29, 0.717) is 12.6 Å². The molecule has 1 aromatic carbocycles. The fourth-order valence-electron chi connectivity index (χ4n) is 2.18. The van der Waals surface area contributed by atoms with Gasteiger partial charge in [0.05, 0.1) is 0 Å². The van der Waals surface area contributed by atoms with Crippen molar-refractivity contribution in [3.8, 4) is 0 Å². The first-order valence-corrected chi connectivity index (χ1v) is 5.88. The zero-order chi connectivity index (χ0) is 11.5. The molecule has 0 bridgehead atoms.